The van der Waals surface area contributed by atoms with E-state index in [9.17, 15) is 14.3 Å². The lowest BCUT2D eigenvalue weighted by atomic mass is 9.96. The molecule has 31 heavy (non-hydrogen) atoms. The molecular weight excluding hydrogens is 393 g/mol. The number of nitrogens with zero attached hydrogens (tertiary/aromatic N) is 1. The normalized spacial score (nSPS) is 15.8. The summed E-state index contributed by atoms with van der Waals surface area (Å²) in [4.78, 5) is 13.5. The Hall–Kier alpha value is -3.38. The van der Waals surface area contributed by atoms with E-state index < -0.39 is 5.82 Å². The first-order chi connectivity index (χ1) is 15.0. The van der Waals surface area contributed by atoms with Crippen molar-refractivity contribution >= 4 is 17.3 Å². The van der Waals surface area contributed by atoms with E-state index in [0.29, 0.717) is 29.2 Å². The quantitative estimate of drug-likeness (QED) is 0.564. The van der Waals surface area contributed by atoms with Gasteiger partial charge in [0.1, 0.15) is 11.6 Å². The molecule has 6 heteroatoms. The van der Waals surface area contributed by atoms with Crippen LogP contribution in [0, 0.1) is 11.7 Å². The molecule has 0 radical (unpaired) electrons. The van der Waals surface area contributed by atoms with Crippen molar-refractivity contribution in [1.29, 1.82) is 0 Å². The van der Waals surface area contributed by atoms with Crippen LogP contribution in [0.5, 0.6) is 5.75 Å². The first-order valence-electron chi connectivity index (χ1n) is 10.4. The average Bonchev–Trinajstić information content (AvgIpc) is 3.25. The molecule has 1 amide bonds. The van der Waals surface area contributed by atoms with Crippen molar-refractivity contribution in [3.63, 3.8) is 0 Å². The Labute approximate surface area is 181 Å². The molecule has 1 aliphatic heterocycles. The fourth-order valence-electron chi connectivity index (χ4n) is 4.11. The molecule has 3 aromatic rings. The smallest absolute Gasteiger partial charge is 0.221 e. The van der Waals surface area contributed by atoms with Crippen LogP contribution in [0.3, 0.4) is 0 Å². The van der Waals surface area contributed by atoms with Gasteiger partial charge in [-0.2, -0.15) is 0 Å². The molecule has 0 spiro atoms. The first-order valence-corrected chi connectivity index (χ1v) is 10.4. The molecule has 1 atom stereocenters. The highest BCUT2D eigenvalue weighted by molar-refractivity contribution is 5.89. The molecule has 1 heterocycles. The van der Waals surface area contributed by atoms with Gasteiger partial charge < -0.3 is 21.1 Å². The lowest BCUT2D eigenvalue weighted by molar-refractivity contribution is -0.114. The van der Waals surface area contributed by atoms with Crippen molar-refractivity contribution in [3.05, 3.63) is 66.5 Å². The number of rotatable bonds is 5. The van der Waals surface area contributed by atoms with E-state index in [1.165, 1.54) is 19.1 Å². The minimum atomic E-state index is -0.553. The number of anilines is 2. The van der Waals surface area contributed by atoms with Crippen LogP contribution in [-0.2, 0) is 4.79 Å². The van der Waals surface area contributed by atoms with Gasteiger partial charge in [0.25, 0.3) is 0 Å². The number of aromatic hydroxyl groups is 1. The van der Waals surface area contributed by atoms with Crippen LogP contribution in [0.1, 0.15) is 13.3 Å². The number of hydrogen-bond acceptors (Lipinski definition) is 4. The number of halogens is 1. The van der Waals surface area contributed by atoms with Crippen LogP contribution in [-0.4, -0.2) is 30.6 Å². The number of nitrogens with two attached hydrogens (primary N) is 1. The fraction of sp³-hybridized carbons (Fsp3) is 0.240. The minimum Gasteiger partial charge on any atom is -0.507 e. The van der Waals surface area contributed by atoms with Crippen LogP contribution >= 0.6 is 0 Å². The molecule has 1 aliphatic rings. The molecule has 1 saturated heterocycles. The molecule has 1 unspecified atom stereocenters. The summed E-state index contributed by atoms with van der Waals surface area (Å²) in [6.07, 6.45) is 1.08. The molecular formula is C25H26FN3O2. The van der Waals surface area contributed by atoms with Gasteiger partial charge in [-0.15, -0.1) is 0 Å². The van der Waals surface area contributed by atoms with Gasteiger partial charge >= 0.3 is 0 Å². The standard InChI is InChI=1S/C25H26FN3O2/c1-16(30)28-24-9-8-19(13-23(24)26)22-7-3-6-21(25(22)31)18-4-2-5-20(12-18)29-11-10-17(14-27)15-29/h2-9,12-13,17,31H,10-11,14-15,27H2,1H3,(H,28,30). The second kappa shape index (κ2) is 8.78. The van der Waals surface area contributed by atoms with Crippen LogP contribution in [0.15, 0.2) is 60.7 Å². The molecule has 0 bridgehead atoms. The number of phenolic OH excluding ortho intramolecular Hbond substituents is 1. The summed E-state index contributed by atoms with van der Waals surface area (Å²) >= 11 is 0. The number of para-hydroxylation sites is 1. The monoisotopic (exact) mass is 419 g/mol. The highest BCUT2D eigenvalue weighted by Crippen LogP contribution is 2.40. The third-order valence-corrected chi connectivity index (χ3v) is 5.77. The van der Waals surface area contributed by atoms with E-state index >= 15 is 0 Å². The molecule has 0 saturated carbocycles. The second-order valence-electron chi connectivity index (χ2n) is 7.96. The van der Waals surface area contributed by atoms with E-state index in [-0.39, 0.29) is 17.3 Å². The third kappa shape index (κ3) is 4.39. The molecule has 1 fully saturated rings. The zero-order valence-corrected chi connectivity index (χ0v) is 17.4. The van der Waals surface area contributed by atoms with Gasteiger partial charge in [-0.05, 0) is 54.3 Å². The van der Waals surface area contributed by atoms with E-state index in [0.717, 1.165) is 30.8 Å². The van der Waals surface area contributed by atoms with Crippen molar-refractivity contribution in [3.8, 4) is 28.0 Å². The van der Waals surface area contributed by atoms with E-state index in [1.54, 1.807) is 12.1 Å². The van der Waals surface area contributed by atoms with Gasteiger partial charge in [-0.1, -0.05) is 36.4 Å². The Bertz CT molecular complexity index is 1120. The van der Waals surface area contributed by atoms with E-state index in [1.807, 2.05) is 24.3 Å². The number of hydrogen-bond donors (Lipinski definition) is 3. The zero-order chi connectivity index (χ0) is 22.0. The van der Waals surface area contributed by atoms with Crippen molar-refractivity contribution < 1.29 is 14.3 Å². The summed E-state index contributed by atoms with van der Waals surface area (Å²) in [5.74, 6) is -0.293. The van der Waals surface area contributed by atoms with Crippen molar-refractivity contribution in [1.82, 2.24) is 0 Å². The lowest BCUT2D eigenvalue weighted by Gasteiger charge is -2.20. The summed E-state index contributed by atoms with van der Waals surface area (Å²) in [6.45, 7) is 3.93. The van der Waals surface area contributed by atoms with Gasteiger partial charge in [0.15, 0.2) is 0 Å². The SMILES string of the molecule is CC(=O)Nc1ccc(-c2cccc(-c3cccc(N4CCC(CN)C4)c3)c2O)cc1F. The van der Waals surface area contributed by atoms with Crippen LogP contribution < -0.4 is 16.0 Å². The van der Waals surface area contributed by atoms with Crippen LogP contribution in [0.25, 0.3) is 22.3 Å². The summed E-state index contributed by atoms with van der Waals surface area (Å²) in [5.41, 5.74) is 9.67. The highest BCUT2D eigenvalue weighted by atomic mass is 19.1. The first kappa shape index (κ1) is 20.9. The Morgan fingerprint density at radius 2 is 1.84 bits per heavy atom. The van der Waals surface area contributed by atoms with Crippen molar-refractivity contribution in [2.75, 3.05) is 29.9 Å². The van der Waals surface area contributed by atoms with Gasteiger partial charge in [-0.3, -0.25) is 4.79 Å². The summed E-state index contributed by atoms with van der Waals surface area (Å²) in [5, 5.41) is 13.5. The fourth-order valence-corrected chi connectivity index (χ4v) is 4.11. The Morgan fingerprint density at radius 1 is 1.13 bits per heavy atom. The maximum atomic E-state index is 14.4. The van der Waals surface area contributed by atoms with Crippen LogP contribution in [0.2, 0.25) is 0 Å². The molecule has 4 rings (SSSR count). The summed E-state index contributed by atoms with van der Waals surface area (Å²) in [7, 11) is 0. The number of carbonyl (C=O) groups excluding carboxylic acids is 1. The van der Waals surface area contributed by atoms with Gasteiger partial charge in [0.05, 0.1) is 5.69 Å². The molecule has 3 aromatic carbocycles. The number of nitrogens with one attached hydrogen (secondary N) is 1. The minimum absolute atomic E-state index is 0.0904. The van der Waals surface area contributed by atoms with Crippen LogP contribution in [0.4, 0.5) is 15.8 Å². The Kier molecular flexibility index (Phi) is 5.91. The maximum absolute atomic E-state index is 14.4. The number of carbonyl (C=O) groups is 1. The topological polar surface area (TPSA) is 78.6 Å². The number of phenols is 1. The average molecular weight is 420 g/mol. The maximum Gasteiger partial charge on any atom is 0.221 e. The van der Waals surface area contributed by atoms with E-state index in [4.69, 9.17) is 5.73 Å². The molecule has 5 nitrogen and oxygen atoms in total. The van der Waals surface area contributed by atoms with Gasteiger partial charge in [0, 0.05) is 36.8 Å². The molecule has 0 aromatic heterocycles. The molecule has 160 valence electrons. The zero-order valence-electron chi connectivity index (χ0n) is 17.4. The third-order valence-electron chi connectivity index (χ3n) is 5.77. The molecule has 4 N–H and O–H groups in total. The lowest BCUT2D eigenvalue weighted by Crippen LogP contribution is -2.22. The van der Waals surface area contributed by atoms with Gasteiger partial charge in [-0.25, -0.2) is 4.39 Å². The largest absolute Gasteiger partial charge is 0.507 e. The predicted molar refractivity (Wildman–Crippen MR) is 123 cm³/mol. The Balaban J connectivity index is 1.67. The number of amides is 1. The molecule has 0 aliphatic carbocycles. The predicted octanol–water partition coefficient (Wildman–Crippen LogP) is 4.61. The Morgan fingerprint density at radius 3 is 2.48 bits per heavy atom. The van der Waals surface area contributed by atoms with Crippen molar-refractivity contribution in [2.24, 2.45) is 11.7 Å². The second-order valence-corrected chi connectivity index (χ2v) is 7.96. The summed E-state index contributed by atoms with van der Waals surface area (Å²) in [6, 6.07) is 18.0. The highest BCUT2D eigenvalue weighted by Gasteiger charge is 2.22. The van der Waals surface area contributed by atoms with Gasteiger partial charge in [0.2, 0.25) is 5.91 Å². The summed E-state index contributed by atoms with van der Waals surface area (Å²) < 4.78 is 14.4. The van der Waals surface area contributed by atoms with Crippen molar-refractivity contribution in [2.45, 2.75) is 13.3 Å². The number of benzene rings is 3. The van der Waals surface area contributed by atoms with E-state index in [2.05, 4.69) is 22.3 Å².